The molecule has 2 saturated heterocycles. The average Bonchev–Trinajstić information content (AvgIpc) is 3.16. The van der Waals surface area contributed by atoms with Crippen LogP contribution in [0.15, 0.2) is 24.3 Å². The summed E-state index contributed by atoms with van der Waals surface area (Å²) in [6.07, 6.45) is 4.96. The third-order valence-electron chi connectivity index (χ3n) is 6.46. The number of aryl methyl sites for hydroxylation is 1. The third kappa shape index (κ3) is 5.01. The molecule has 2 fully saturated rings. The van der Waals surface area contributed by atoms with Crippen molar-refractivity contribution in [2.75, 3.05) is 33.7 Å². The number of likely N-dealkylation sites (tertiary alicyclic amines) is 1. The normalized spacial score (nSPS) is 23.5. The lowest BCUT2D eigenvalue weighted by atomic mass is 9.79. The van der Waals surface area contributed by atoms with Crippen molar-refractivity contribution in [3.63, 3.8) is 0 Å². The average molecular weight is 429 g/mol. The van der Waals surface area contributed by atoms with Crippen LogP contribution in [0.2, 0.25) is 0 Å². The maximum Gasteiger partial charge on any atom is 0.223 e. The van der Waals surface area contributed by atoms with Crippen LogP contribution in [0.1, 0.15) is 37.1 Å². The second kappa shape index (κ2) is 9.43. The van der Waals surface area contributed by atoms with E-state index in [9.17, 15) is 9.59 Å². The summed E-state index contributed by atoms with van der Waals surface area (Å²) >= 11 is 1.69. The van der Waals surface area contributed by atoms with Gasteiger partial charge < -0.3 is 15.1 Å². The van der Waals surface area contributed by atoms with Crippen LogP contribution in [0.3, 0.4) is 0 Å². The number of aromatic nitrogens is 1. The summed E-state index contributed by atoms with van der Waals surface area (Å²) in [6.45, 7) is 2.69. The van der Waals surface area contributed by atoms with Gasteiger partial charge in [0.1, 0.15) is 0 Å². The summed E-state index contributed by atoms with van der Waals surface area (Å²) in [7, 11) is 3.62. The van der Waals surface area contributed by atoms with E-state index in [2.05, 4.69) is 21.3 Å². The van der Waals surface area contributed by atoms with Crippen molar-refractivity contribution in [3.05, 3.63) is 29.3 Å². The van der Waals surface area contributed by atoms with Crippen LogP contribution in [0, 0.1) is 11.8 Å². The Kier molecular flexibility index (Phi) is 6.68. The van der Waals surface area contributed by atoms with E-state index < -0.39 is 0 Å². The van der Waals surface area contributed by atoms with E-state index in [1.54, 1.807) is 16.2 Å². The molecule has 30 heavy (non-hydrogen) atoms. The number of nitrogens with zero attached hydrogens (tertiary/aromatic N) is 3. The Labute approximate surface area is 182 Å². The fraction of sp³-hybridized carbons (Fsp3) is 0.609. The minimum absolute atomic E-state index is 0.194. The topological polar surface area (TPSA) is 65.5 Å². The van der Waals surface area contributed by atoms with Gasteiger partial charge in [-0.2, -0.15) is 0 Å². The molecule has 2 aromatic rings. The van der Waals surface area contributed by atoms with Gasteiger partial charge in [0.15, 0.2) is 0 Å². The van der Waals surface area contributed by atoms with Gasteiger partial charge in [-0.05, 0) is 49.8 Å². The molecular formula is C23H32N4O2S. The minimum atomic E-state index is 0.194. The molecule has 2 bridgehead atoms. The number of fused-ring (bicyclic) bond motifs is 3. The van der Waals surface area contributed by atoms with Gasteiger partial charge in [0.2, 0.25) is 11.8 Å². The molecule has 1 aromatic carbocycles. The first-order valence-corrected chi connectivity index (χ1v) is 11.9. The zero-order chi connectivity index (χ0) is 21.1. The fourth-order valence-electron chi connectivity index (χ4n) is 4.81. The summed E-state index contributed by atoms with van der Waals surface area (Å²) in [5, 5.41) is 4.73. The van der Waals surface area contributed by atoms with Gasteiger partial charge in [-0.3, -0.25) is 9.59 Å². The van der Waals surface area contributed by atoms with Crippen LogP contribution < -0.4 is 5.32 Å². The summed E-state index contributed by atoms with van der Waals surface area (Å²) in [4.78, 5) is 33.2. The standard InChI is InChI=1S/C23H32N4O2S/c1-26(2)22(28)9-5-7-18-17-12-16(13-24-18)14-27(15-17)23(29)11-10-21-25-19-6-3-4-8-20(19)30-21/h3-4,6,8,16-18,24H,5,7,9-15H2,1-2H3. The van der Waals surface area contributed by atoms with E-state index in [0.717, 1.165) is 49.4 Å². The van der Waals surface area contributed by atoms with Crippen molar-refractivity contribution in [1.82, 2.24) is 20.1 Å². The number of benzene rings is 1. The zero-order valence-corrected chi connectivity index (χ0v) is 18.8. The molecule has 0 aliphatic carbocycles. The van der Waals surface area contributed by atoms with Crippen molar-refractivity contribution in [1.29, 1.82) is 0 Å². The second-order valence-electron chi connectivity index (χ2n) is 8.93. The van der Waals surface area contributed by atoms with Crippen LogP contribution in [0.5, 0.6) is 0 Å². The van der Waals surface area contributed by atoms with Gasteiger partial charge >= 0.3 is 0 Å². The van der Waals surface area contributed by atoms with Gasteiger partial charge in [-0.25, -0.2) is 4.98 Å². The van der Waals surface area contributed by atoms with Crippen LogP contribution in [0.4, 0.5) is 0 Å². The fourth-order valence-corrected chi connectivity index (χ4v) is 5.77. The molecule has 6 nitrogen and oxygen atoms in total. The molecule has 0 saturated carbocycles. The maximum absolute atomic E-state index is 12.9. The highest BCUT2D eigenvalue weighted by Crippen LogP contribution is 2.31. The highest BCUT2D eigenvalue weighted by molar-refractivity contribution is 7.18. The molecular weight excluding hydrogens is 396 g/mol. The van der Waals surface area contributed by atoms with E-state index in [4.69, 9.17) is 0 Å². The van der Waals surface area contributed by atoms with Gasteiger partial charge in [0, 0.05) is 52.5 Å². The summed E-state index contributed by atoms with van der Waals surface area (Å²) < 4.78 is 1.19. The first-order chi connectivity index (χ1) is 14.5. The van der Waals surface area contributed by atoms with Crippen LogP contribution in [0.25, 0.3) is 10.2 Å². The predicted octanol–water partition coefficient (Wildman–Crippen LogP) is 2.92. The van der Waals surface area contributed by atoms with E-state index in [-0.39, 0.29) is 11.8 Å². The largest absolute Gasteiger partial charge is 0.349 e. The van der Waals surface area contributed by atoms with E-state index in [1.807, 2.05) is 32.3 Å². The molecule has 0 radical (unpaired) electrons. The number of carbonyl (C=O) groups is 2. The number of hydrogen-bond acceptors (Lipinski definition) is 5. The molecule has 7 heteroatoms. The minimum Gasteiger partial charge on any atom is -0.349 e. The number of hydrogen-bond donors (Lipinski definition) is 1. The number of carbonyl (C=O) groups excluding carboxylic acids is 2. The molecule has 162 valence electrons. The Morgan fingerprint density at radius 2 is 2.07 bits per heavy atom. The number of amides is 2. The lowest BCUT2D eigenvalue weighted by molar-refractivity contribution is -0.135. The first kappa shape index (κ1) is 21.2. The molecule has 2 amide bonds. The Morgan fingerprint density at radius 1 is 1.23 bits per heavy atom. The van der Waals surface area contributed by atoms with Crippen LogP contribution in [-0.4, -0.2) is 66.4 Å². The molecule has 2 aliphatic heterocycles. The number of thiazole rings is 1. The summed E-state index contributed by atoms with van der Waals surface area (Å²) in [6, 6.07) is 8.56. The Bertz CT molecular complexity index is 863. The van der Waals surface area contributed by atoms with Gasteiger partial charge in [-0.1, -0.05) is 12.1 Å². The van der Waals surface area contributed by atoms with Crippen molar-refractivity contribution in [2.24, 2.45) is 11.8 Å². The van der Waals surface area contributed by atoms with E-state index in [1.165, 1.54) is 11.1 Å². The zero-order valence-electron chi connectivity index (χ0n) is 18.0. The van der Waals surface area contributed by atoms with Crippen molar-refractivity contribution in [2.45, 2.75) is 44.6 Å². The highest BCUT2D eigenvalue weighted by atomic mass is 32.1. The van der Waals surface area contributed by atoms with Crippen LogP contribution >= 0.6 is 11.3 Å². The quantitative estimate of drug-likeness (QED) is 0.736. The molecule has 0 spiro atoms. The second-order valence-corrected chi connectivity index (χ2v) is 10.0. The predicted molar refractivity (Wildman–Crippen MR) is 120 cm³/mol. The highest BCUT2D eigenvalue weighted by Gasteiger charge is 2.37. The first-order valence-electron chi connectivity index (χ1n) is 11.1. The lowest BCUT2D eigenvalue weighted by Crippen LogP contribution is -2.57. The molecule has 1 aromatic heterocycles. The van der Waals surface area contributed by atoms with E-state index in [0.29, 0.717) is 30.7 Å². The Hall–Kier alpha value is -1.99. The molecule has 4 rings (SSSR count). The molecule has 2 aliphatic rings. The van der Waals surface area contributed by atoms with Gasteiger partial charge in [0.25, 0.3) is 0 Å². The molecule has 1 N–H and O–H groups in total. The Morgan fingerprint density at radius 3 is 2.87 bits per heavy atom. The SMILES string of the molecule is CN(C)C(=O)CCCC1NCC2CC1CN(C(=O)CCc1nc3ccccc3s1)C2. The van der Waals surface area contributed by atoms with Crippen molar-refractivity contribution < 1.29 is 9.59 Å². The maximum atomic E-state index is 12.9. The number of piperidine rings is 2. The van der Waals surface area contributed by atoms with Crippen molar-refractivity contribution in [3.8, 4) is 0 Å². The molecule has 3 unspecified atom stereocenters. The number of nitrogens with one attached hydrogen (secondary N) is 1. The van der Waals surface area contributed by atoms with Gasteiger partial charge in [-0.15, -0.1) is 11.3 Å². The summed E-state index contributed by atoms with van der Waals surface area (Å²) in [5.74, 6) is 1.50. The third-order valence-corrected chi connectivity index (χ3v) is 7.55. The number of rotatable bonds is 7. The molecule has 3 atom stereocenters. The smallest absolute Gasteiger partial charge is 0.223 e. The van der Waals surface area contributed by atoms with Gasteiger partial charge in [0.05, 0.1) is 15.2 Å². The van der Waals surface area contributed by atoms with E-state index >= 15 is 0 Å². The monoisotopic (exact) mass is 428 g/mol. The summed E-state index contributed by atoms with van der Waals surface area (Å²) in [5.41, 5.74) is 1.03. The van der Waals surface area contributed by atoms with Crippen LogP contribution in [-0.2, 0) is 16.0 Å². The lowest BCUT2D eigenvalue weighted by Gasteiger charge is -2.46. The number of para-hydroxylation sites is 1. The van der Waals surface area contributed by atoms with Crippen molar-refractivity contribution >= 4 is 33.4 Å². The Balaban J connectivity index is 1.28. The molecule has 3 heterocycles.